The Hall–Kier alpha value is -0.340. The summed E-state index contributed by atoms with van der Waals surface area (Å²) < 4.78 is 0. The Morgan fingerprint density at radius 3 is 2.60 bits per heavy atom. The monoisotopic (exact) mass is 346 g/mol. The number of aliphatic hydroxyl groups is 2. The van der Waals surface area contributed by atoms with Gasteiger partial charge in [-0.15, -0.1) is 0 Å². The maximum Gasteiger partial charge on any atom is 0.0650 e. The molecule has 3 fully saturated rings. The summed E-state index contributed by atoms with van der Waals surface area (Å²) in [4.78, 5) is 0. The molecule has 2 nitrogen and oxygen atoms in total. The van der Waals surface area contributed by atoms with E-state index in [0.29, 0.717) is 16.7 Å². The Bertz CT molecular complexity index is 564. The van der Waals surface area contributed by atoms with Gasteiger partial charge in [0.1, 0.15) is 0 Å². The third kappa shape index (κ3) is 2.50. The van der Waals surface area contributed by atoms with Crippen LogP contribution in [0.15, 0.2) is 11.6 Å². The van der Waals surface area contributed by atoms with Crippen LogP contribution in [-0.2, 0) is 0 Å². The SMILES string of the molecule is CC[C@](C)(O)[C@H]1CC[C@H]2[C@@H]3CC=C4C[C@@H](O)CC[C@]4(C)[C@H]3CC[C@@]21C. The van der Waals surface area contributed by atoms with Crippen molar-refractivity contribution in [3.05, 3.63) is 11.6 Å². The van der Waals surface area contributed by atoms with Crippen LogP contribution in [0, 0.1) is 34.5 Å². The summed E-state index contributed by atoms with van der Waals surface area (Å²) in [5.74, 6) is 2.82. The lowest BCUT2D eigenvalue weighted by Gasteiger charge is -2.58. The van der Waals surface area contributed by atoms with Gasteiger partial charge in [-0.3, -0.25) is 0 Å². The molecule has 0 saturated heterocycles. The lowest BCUT2D eigenvalue weighted by atomic mass is 9.46. The van der Waals surface area contributed by atoms with Crippen LogP contribution >= 0.6 is 0 Å². The van der Waals surface area contributed by atoms with Crippen molar-refractivity contribution in [3.63, 3.8) is 0 Å². The average molecular weight is 347 g/mol. The molecule has 0 heterocycles. The topological polar surface area (TPSA) is 40.5 Å². The molecule has 0 aromatic carbocycles. The third-order valence-electron chi connectivity index (χ3n) is 9.54. The molecule has 8 atom stereocenters. The van der Waals surface area contributed by atoms with E-state index in [2.05, 4.69) is 33.8 Å². The number of fused-ring (bicyclic) bond motifs is 5. The maximum absolute atomic E-state index is 11.1. The molecule has 0 aromatic rings. The molecule has 2 N–H and O–H groups in total. The fourth-order valence-electron chi connectivity index (χ4n) is 7.91. The van der Waals surface area contributed by atoms with Gasteiger partial charge in [-0.25, -0.2) is 0 Å². The van der Waals surface area contributed by atoms with Crippen molar-refractivity contribution in [1.29, 1.82) is 0 Å². The van der Waals surface area contributed by atoms with Gasteiger partial charge in [0.05, 0.1) is 11.7 Å². The van der Waals surface area contributed by atoms with Crippen molar-refractivity contribution < 1.29 is 10.2 Å². The van der Waals surface area contributed by atoms with Crippen molar-refractivity contribution in [2.45, 2.75) is 97.2 Å². The quantitative estimate of drug-likeness (QED) is 0.684. The molecule has 2 heteroatoms. The van der Waals surface area contributed by atoms with Crippen LogP contribution in [0.4, 0.5) is 0 Å². The highest BCUT2D eigenvalue weighted by atomic mass is 16.3. The first-order valence-electron chi connectivity index (χ1n) is 10.8. The van der Waals surface area contributed by atoms with Crippen LogP contribution in [0.25, 0.3) is 0 Å². The molecular weight excluding hydrogens is 308 g/mol. The normalized spacial score (nSPS) is 51.8. The van der Waals surface area contributed by atoms with E-state index in [1.165, 1.54) is 38.5 Å². The molecule has 4 aliphatic rings. The first-order chi connectivity index (χ1) is 11.7. The van der Waals surface area contributed by atoms with Crippen molar-refractivity contribution in [1.82, 2.24) is 0 Å². The minimum atomic E-state index is -0.509. The summed E-state index contributed by atoms with van der Waals surface area (Å²) in [7, 11) is 0. The number of hydrogen-bond acceptors (Lipinski definition) is 2. The Morgan fingerprint density at radius 1 is 1.12 bits per heavy atom. The average Bonchev–Trinajstić information content (AvgIpc) is 2.93. The molecule has 0 bridgehead atoms. The second kappa shape index (κ2) is 5.83. The van der Waals surface area contributed by atoms with Gasteiger partial charge in [-0.1, -0.05) is 32.4 Å². The van der Waals surface area contributed by atoms with Gasteiger partial charge in [-0.05, 0) is 99.2 Å². The number of rotatable bonds is 2. The minimum Gasteiger partial charge on any atom is -0.393 e. The van der Waals surface area contributed by atoms with E-state index in [4.69, 9.17) is 0 Å². The van der Waals surface area contributed by atoms with Crippen LogP contribution < -0.4 is 0 Å². The van der Waals surface area contributed by atoms with E-state index in [1.54, 1.807) is 5.57 Å². The summed E-state index contributed by atoms with van der Waals surface area (Å²) in [5, 5.41) is 21.2. The van der Waals surface area contributed by atoms with E-state index in [-0.39, 0.29) is 6.10 Å². The number of hydrogen-bond donors (Lipinski definition) is 2. The Morgan fingerprint density at radius 2 is 1.88 bits per heavy atom. The Kier molecular flexibility index (Phi) is 4.21. The van der Waals surface area contributed by atoms with Gasteiger partial charge >= 0.3 is 0 Å². The highest BCUT2D eigenvalue weighted by Gasteiger charge is 2.60. The zero-order chi connectivity index (χ0) is 18.0. The van der Waals surface area contributed by atoms with Gasteiger partial charge in [-0.2, -0.15) is 0 Å². The van der Waals surface area contributed by atoms with Crippen molar-refractivity contribution in [3.8, 4) is 0 Å². The second-order valence-electron chi connectivity index (χ2n) is 10.5. The van der Waals surface area contributed by atoms with Crippen LogP contribution in [-0.4, -0.2) is 21.9 Å². The predicted molar refractivity (Wildman–Crippen MR) is 102 cm³/mol. The standard InChI is InChI=1S/C23H38O2/c1-5-23(4,25)20-9-8-18-17-7-6-15-14-16(24)10-12-21(15,2)19(17)11-13-22(18,20)3/h6,16-20,24-25H,5,7-14H2,1-4H3/t16-,17-,18-,19-,20-,21-,22-,23-/m0/s1. The van der Waals surface area contributed by atoms with Crippen LogP contribution in [0.5, 0.6) is 0 Å². The smallest absolute Gasteiger partial charge is 0.0650 e. The Labute approximate surface area is 154 Å². The summed E-state index contributed by atoms with van der Waals surface area (Å²) in [6.45, 7) is 9.23. The second-order valence-corrected chi connectivity index (χ2v) is 10.5. The first-order valence-corrected chi connectivity index (χ1v) is 10.8. The van der Waals surface area contributed by atoms with Gasteiger partial charge in [0.25, 0.3) is 0 Å². The van der Waals surface area contributed by atoms with Gasteiger partial charge in [0, 0.05) is 0 Å². The van der Waals surface area contributed by atoms with Crippen molar-refractivity contribution in [2.75, 3.05) is 0 Å². The van der Waals surface area contributed by atoms with Crippen molar-refractivity contribution in [2.24, 2.45) is 34.5 Å². The molecule has 0 aromatic heterocycles. The van der Waals surface area contributed by atoms with E-state index in [0.717, 1.165) is 37.0 Å². The zero-order valence-electron chi connectivity index (χ0n) is 16.7. The molecule has 0 amide bonds. The third-order valence-corrected chi connectivity index (χ3v) is 9.54. The summed E-state index contributed by atoms with van der Waals surface area (Å²) in [6, 6.07) is 0. The molecule has 3 saturated carbocycles. The summed E-state index contributed by atoms with van der Waals surface area (Å²) >= 11 is 0. The fraction of sp³-hybridized carbons (Fsp3) is 0.913. The molecule has 4 rings (SSSR count). The van der Waals surface area contributed by atoms with Crippen LogP contribution in [0.1, 0.15) is 85.5 Å². The molecule has 25 heavy (non-hydrogen) atoms. The first kappa shape index (κ1) is 18.0. The highest BCUT2D eigenvalue weighted by Crippen LogP contribution is 2.67. The molecule has 4 aliphatic carbocycles. The highest BCUT2D eigenvalue weighted by molar-refractivity contribution is 5.25. The molecule has 0 unspecified atom stereocenters. The van der Waals surface area contributed by atoms with E-state index in [1.807, 2.05) is 0 Å². The van der Waals surface area contributed by atoms with E-state index >= 15 is 0 Å². The molecule has 0 radical (unpaired) electrons. The van der Waals surface area contributed by atoms with Crippen LogP contribution in [0.2, 0.25) is 0 Å². The van der Waals surface area contributed by atoms with E-state index < -0.39 is 5.60 Å². The summed E-state index contributed by atoms with van der Waals surface area (Å²) in [5.41, 5.74) is 1.70. The number of aliphatic hydroxyl groups excluding tert-OH is 1. The van der Waals surface area contributed by atoms with E-state index in [9.17, 15) is 10.2 Å². The number of allylic oxidation sites excluding steroid dienone is 1. The van der Waals surface area contributed by atoms with Crippen molar-refractivity contribution >= 4 is 0 Å². The minimum absolute atomic E-state index is 0.111. The fourth-order valence-corrected chi connectivity index (χ4v) is 7.91. The van der Waals surface area contributed by atoms with Gasteiger partial charge in [0.2, 0.25) is 0 Å². The maximum atomic E-state index is 11.1. The molecular formula is C23H38O2. The molecule has 0 spiro atoms. The summed E-state index contributed by atoms with van der Waals surface area (Å²) in [6.07, 6.45) is 12.7. The zero-order valence-corrected chi connectivity index (χ0v) is 16.7. The largest absolute Gasteiger partial charge is 0.393 e. The lowest BCUT2D eigenvalue weighted by molar-refractivity contribution is -0.103. The molecule has 0 aliphatic heterocycles. The lowest BCUT2D eigenvalue weighted by Crippen LogP contribution is -2.52. The Balaban J connectivity index is 1.64. The molecule has 142 valence electrons. The van der Waals surface area contributed by atoms with Crippen LogP contribution in [0.3, 0.4) is 0 Å². The predicted octanol–water partition coefficient (Wildman–Crippen LogP) is 5.09. The van der Waals surface area contributed by atoms with Gasteiger partial charge < -0.3 is 10.2 Å². The van der Waals surface area contributed by atoms with Gasteiger partial charge in [0.15, 0.2) is 0 Å².